The number of ether oxygens (including phenoxy) is 1. The van der Waals surface area contributed by atoms with Crippen LogP contribution in [0, 0.1) is 0 Å². The highest BCUT2D eigenvalue weighted by atomic mass is 79.9. The van der Waals surface area contributed by atoms with Crippen molar-refractivity contribution in [1.29, 1.82) is 0 Å². The number of hydrogen-bond acceptors (Lipinski definition) is 5. The molecule has 0 unspecified atom stereocenters. The van der Waals surface area contributed by atoms with E-state index in [0.717, 1.165) is 15.7 Å². The third kappa shape index (κ3) is 5.41. The summed E-state index contributed by atoms with van der Waals surface area (Å²) >= 11 is 9.90. The van der Waals surface area contributed by atoms with E-state index in [1.165, 1.54) is 11.3 Å². The van der Waals surface area contributed by atoms with Crippen LogP contribution in [0.15, 0.2) is 58.4 Å². The number of amides is 2. The number of anilines is 2. The zero-order chi connectivity index (χ0) is 19.9. The zero-order valence-electron chi connectivity index (χ0n) is 14.7. The van der Waals surface area contributed by atoms with E-state index in [-0.39, 0.29) is 5.11 Å². The molecule has 10 heteroatoms. The van der Waals surface area contributed by atoms with Crippen LogP contribution in [-0.2, 0) is 0 Å². The number of aromatic nitrogens is 1. The smallest absolute Gasteiger partial charge is 0.339 e. The molecule has 0 saturated carbocycles. The SMILES string of the molecule is COc1ccccc1NC(=S)NNC(=O)Nc1nc(-c2ccc(Br)cc2)cs1. The lowest BCUT2D eigenvalue weighted by molar-refractivity contribution is 0.250. The Labute approximate surface area is 179 Å². The van der Waals surface area contributed by atoms with Crippen molar-refractivity contribution in [3.63, 3.8) is 0 Å². The quantitative estimate of drug-likeness (QED) is 0.324. The second-order valence-corrected chi connectivity index (χ2v) is 7.59. The summed E-state index contributed by atoms with van der Waals surface area (Å²) in [4.78, 5) is 16.5. The summed E-state index contributed by atoms with van der Waals surface area (Å²) in [6.07, 6.45) is 0. The van der Waals surface area contributed by atoms with Crippen LogP contribution >= 0.6 is 39.5 Å². The van der Waals surface area contributed by atoms with Gasteiger partial charge in [0.05, 0.1) is 18.5 Å². The van der Waals surface area contributed by atoms with Crippen LogP contribution in [-0.4, -0.2) is 23.2 Å². The van der Waals surface area contributed by atoms with Crippen molar-refractivity contribution in [2.75, 3.05) is 17.7 Å². The van der Waals surface area contributed by atoms with Gasteiger partial charge in [-0.3, -0.25) is 10.7 Å². The maximum absolute atomic E-state index is 12.0. The van der Waals surface area contributed by atoms with Gasteiger partial charge in [-0.2, -0.15) is 0 Å². The lowest BCUT2D eigenvalue weighted by Gasteiger charge is -2.13. The van der Waals surface area contributed by atoms with E-state index < -0.39 is 6.03 Å². The first kappa shape index (κ1) is 20.1. The standard InChI is InChI=1S/C18H16BrN5O2S2/c1-26-15-5-3-2-4-13(15)20-17(27)24-23-16(25)22-18-21-14(10-28-18)11-6-8-12(19)9-7-11/h2-10H,1H3,(H2,20,24,27)(H2,21,22,23,25). The molecule has 4 N–H and O–H groups in total. The molecule has 2 aromatic carbocycles. The highest BCUT2D eigenvalue weighted by Crippen LogP contribution is 2.26. The maximum atomic E-state index is 12.0. The molecule has 1 aromatic heterocycles. The van der Waals surface area contributed by atoms with Gasteiger partial charge in [0, 0.05) is 15.4 Å². The minimum atomic E-state index is -0.485. The van der Waals surface area contributed by atoms with Gasteiger partial charge in [0.2, 0.25) is 0 Å². The van der Waals surface area contributed by atoms with Crippen molar-refractivity contribution < 1.29 is 9.53 Å². The summed E-state index contributed by atoms with van der Waals surface area (Å²) in [5.41, 5.74) is 7.52. The van der Waals surface area contributed by atoms with Gasteiger partial charge in [0.1, 0.15) is 5.75 Å². The normalized spacial score (nSPS) is 10.1. The molecule has 0 bridgehead atoms. The lowest BCUT2D eigenvalue weighted by atomic mass is 10.2. The van der Waals surface area contributed by atoms with Crippen molar-refractivity contribution >= 4 is 61.4 Å². The van der Waals surface area contributed by atoms with Gasteiger partial charge in [0.25, 0.3) is 0 Å². The van der Waals surface area contributed by atoms with Crippen molar-refractivity contribution in [1.82, 2.24) is 15.8 Å². The van der Waals surface area contributed by atoms with Crippen LogP contribution in [0.3, 0.4) is 0 Å². The average molecular weight is 478 g/mol. The van der Waals surface area contributed by atoms with Gasteiger partial charge in [-0.1, -0.05) is 40.2 Å². The molecule has 0 radical (unpaired) electrons. The Bertz CT molecular complexity index is 978. The minimum absolute atomic E-state index is 0.217. The van der Waals surface area contributed by atoms with E-state index in [1.54, 1.807) is 13.2 Å². The van der Waals surface area contributed by atoms with E-state index in [4.69, 9.17) is 17.0 Å². The van der Waals surface area contributed by atoms with Gasteiger partial charge in [-0.05, 0) is 36.5 Å². The van der Waals surface area contributed by atoms with Crippen LogP contribution in [0.25, 0.3) is 11.3 Å². The van der Waals surface area contributed by atoms with Gasteiger partial charge < -0.3 is 10.1 Å². The largest absolute Gasteiger partial charge is 0.495 e. The van der Waals surface area contributed by atoms with E-state index in [0.29, 0.717) is 16.6 Å². The average Bonchev–Trinajstić information content (AvgIpc) is 3.16. The summed E-state index contributed by atoms with van der Waals surface area (Å²) in [5.74, 6) is 0.638. The Morgan fingerprint density at radius 1 is 1.11 bits per heavy atom. The second kappa shape index (κ2) is 9.49. The van der Waals surface area contributed by atoms with Crippen LogP contribution in [0.2, 0.25) is 0 Å². The summed E-state index contributed by atoms with van der Waals surface area (Å²) in [6, 6.07) is 14.6. The predicted octanol–water partition coefficient (Wildman–Crippen LogP) is 4.60. The monoisotopic (exact) mass is 477 g/mol. The number of hydrogen-bond donors (Lipinski definition) is 4. The number of thiocarbonyl (C=S) groups is 1. The van der Waals surface area contributed by atoms with Gasteiger partial charge in [0.15, 0.2) is 10.2 Å². The molecular weight excluding hydrogens is 462 g/mol. The molecule has 2 amide bonds. The van der Waals surface area contributed by atoms with E-state index in [2.05, 4.69) is 42.4 Å². The van der Waals surface area contributed by atoms with Crippen molar-refractivity contribution in [3.8, 4) is 17.0 Å². The Kier molecular flexibility index (Phi) is 6.80. The highest BCUT2D eigenvalue weighted by Gasteiger charge is 2.09. The molecule has 0 aliphatic carbocycles. The number of halogens is 1. The van der Waals surface area contributed by atoms with Crippen LogP contribution in [0.4, 0.5) is 15.6 Å². The zero-order valence-corrected chi connectivity index (χ0v) is 17.9. The molecule has 0 spiro atoms. The third-order valence-corrected chi connectivity index (χ3v) is 5.00. The molecule has 1 heterocycles. The molecule has 0 fully saturated rings. The molecule has 3 rings (SSSR count). The minimum Gasteiger partial charge on any atom is -0.495 e. The first-order valence-corrected chi connectivity index (χ1v) is 10.1. The maximum Gasteiger partial charge on any atom is 0.339 e. The Balaban J connectivity index is 1.50. The number of para-hydroxylation sites is 2. The number of rotatable bonds is 4. The fourth-order valence-corrected chi connectivity index (χ4v) is 3.37. The fraction of sp³-hybridized carbons (Fsp3) is 0.0556. The summed E-state index contributed by atoms with van der Waals surface area (Å²) in [6.45, 7) is 0. The molecule has 0 saturated heterocycles. The van der Waals surface area contributed by atoms with Crippen molar-refractivity contribution in [2.24, 2.45) is 0 Å². The van der Waals surface area contributed by atoms with E-state index >= 15 is 0 Å². The molecular formula is C18H16BrN5O2S2. The summed E-state index contributed by atoms with van der Waals surface area (Å²) in [5, 5.41) is 8.17. The fourth-order valence-electron chi connectivity index (χ4n) is 2.23. The van der Waals surface area contributed by atoms with Crippen molar-refractivity contribution in [3.05, 3.63) is 58.4 Å². The number of carbonyl (C=O) groups excluding carboxylic acids is 1. The van der Waals surface area contributed by atoms with Gasteiger partial charge in [-0.15, -0.1) is 11.3 Å². The van der Waals surface area contributed by atoms with Crippen LogP contribution in [0.5, 0.6) is 5.75 Å². The predicted molar refractivity (Wildman–Crippen MR) is 120 cm³/mol. The van der Waals surface area contributed by atoms with E-state index in [1.807, 2.05) is 47.8 Å². The molecule has 0 atom stereocenters. The Morgan fingerprint density at radius 2 is 1.86 bits per heavy atom. The first-order valence-electron chi connectivity index (χ1n) is 8.03. The number of urea groups is 1. The van der Waals surface area contributed by atoms with Gasteiger partial charge in [-0.25, -0.2) is 15.2 Å². The Hall–Kier alpha value is -2.69. The second-order valence-electron chi connectivity index (χ2n) is 5.40. The topological polar surface area (TPSA) is 87.3 Å². The number of nitrogens with one attached hydrogen (secondary N) is 4. The number of nitrogens with zero attached hydrogens (tertiary/aromatic N) is 1. The molecule has 0 aliphatic rings. The molecule has 0 aliphatic heterocycles. The summed E-state index contributed by atoms with van der Waals surface area (Å²) in [7, 11) is 1.57. The first-order chi connectivity index (χ1) is 13.5. The number of carbonyl (C=O) groups is 1. The van der Waals surface area contributed by atoms with Crippen LogP contribution in [0.1, 0.15) is 0 Å². The highest BCUT2D eigenvalue weighted by molar-refractivity contribution is 9.10. The molecule has 7 nitrogen and oxygen atoms in total. The lowest BCUT2D eigenvalue weighted by Crippen LogP contribution is -2.45. The molecule has 3 aromatic rings. The van der Waals surface area contributed by atoms with Crippen LogP contribution < -0.4 is 26.2 Å². The summed E-state index contributed by atoms with van der Waals surface area (Å²) < 4.78 is 6.23. The molecule has 28 heavy (non-hydrogen) atoms. The number of thiazole rings is 1. The third-order valence-electron chi connectivity index (χ3n) is 3.51. The number of hydrazine groups is 1. The Morgan fingerprint density at radius 3 is 2.61 bits per heavy atom. The van der Waals surface area contributed by atoms with Gasteiger partial charge >= 0.3 is 6.03 Å². The van der Waals surface area contributed by atoms with E-state index in [9.17, 15) is 4.79 Å². The number of methoxy groups -OCH3 is 1. The molecule has 144 valence electrons. The van der Waals surface area contributed by atoms with Crippen molar-refractivity contribution in [2.45, 2.75) is 0 Å². The number of benzene rings is 2.